The van der Waals surface area contributed by atoms with E-state index in [0.717, 1.165) is 10.4 Å². The topological polar surface area (TPSA) is 55.2 Å². The quantitative estimate of drug-likeness (QED) is 0.442. The lowest BCUT2D eigenvalue weighted by molar-refractivity contribution is -0.131. The van der Waals surface area contributed by atoms with E-state index in [1.165, 1.54) is 27.7 Å². The molecule has 0 fully saturated rings. The van der Waals surface area contributed by atoms with E-state index in [9.17, 15) is 9.59 Å². The summed E-state index contributed by atoms with van der Waals surface area (Å²) in [7, 11) is 1.71. The van der Waals surface area contributed by atoms with Gasteiger partial charge in [-0.25, -0.2) is 4.98 Å². The zero-order valence-corrected chi connectivity index (χ0v) is 18.4. The van der Waals surface area contributed by atoms with Gasteiger partial charge in [-0.15, -0.1) is 11.3 Å². The fourth-order valence-electron chi connectivity index (χ4n) is 3.29. The molecule has 3 rings (SSSR count). The highest BCUT2D eigenvalue weighted by Crippen LogP contribution is 2.32. The van der Waals surface area contributed by atoms with E-state index in [1.807, 2.05) is 69.0 Å². The molecule has 0 unspecified atom stereocenters. The molecule has 7 heteroatoms. The molecule has 0 atom stereocenters. The van der Waals surface area contributed by atoms with Crippen molar-refractivity contribution in [1.29, 1.82) is 0 Å². The number of thioether (sulfide) groups is 1. The molecule has 0 aliphatic heterocycles. The Morgan fingerprint density at radius 1 is 1.18 bits per heavy atom. The molecule has 3 aromatic rings. The van der Waals surface area contributed by atoms with Crippen molar-refractivity contribution in [3.05, 3.63) is 46.8 Å². The van der Waals surface area contributed by atoms with Crippen molar-refractivity contribution in [2.75, 3.05) is 5.75 Å². The fourth-order valence-corrected chi connectivity index (χ4v) is 5.21. The molecule has 1 aromatic carbocycles. The Balaban J connectivity index is 1.89. The summed E-state index contributed by atoms with van der Waals surface area (Å²) in [5.41, 5.74) is 0.990. The van der Waals surface area contributed by atoms with E-state index in [2.05, 4.69) is 4.98 Å². The van der Waals surface area contributed by atoms with Crippen LogP contribution < -0.4 is 5.56 Å². The molecule has 148 valence electrons. The Labute approximate surface area is 173 Å². The lowest BCUT2D eigenvalue weighted by Crippen LogP contribution is -2.43. The number of nitrogens with zero attached hydrogens (tertiary/aromatic N) is 3. The van der Waals surface area contributed by atoms with Gasteiger partial charge in [0, 0.05) is 24.0 Å². The van der Waals surface area contributed by atoms with Gasteiger partial charge in [-0.1, -0.05) is 42.1 Å². The summed E-state index contributed by atoms with van der Waals surface area (Å²) in [6.07, 6.45) is 0. The van der Waals surface area contributed by atoms with Crippen LogP contribution in [0.15, 0.2) is 46.3 Å². The lowest BCUT2D eigenvalue weighted by Gasteiger charge is -2.30. The van der Waals surface area contributed by atoms with Gasteiger partial charge in [-0.05, 0) is 39.3 Å². The van der Waals surface area contributed by atoms with Gasteiger partial charge < -0.3 is 4.90 Å². The number of carbonyl (C=O) groups is 1. The SMILES string of the molecule is CC(C)N(C(=O)CSc1nc2sc(-c3ccccc3)cc2c(=O)n1C)C(C)C. The van der Waals surface area contributed by atoms with Crippen LogP contribution in [0.5, 0.6) is 0 Å². The molecule has 0 saturated carbocycles. The minimum absolute atomic E-state index is 0.0560. The molecule has 0 bridgehead atoms. The van der Waals surface area contributed by atoms with E-state index in [4.69, 9.17) is 0 Å². The molecule has 0 aliphatic carbocycles. The molecular formula is C21H25N3O2S2. The van der Waals surface area contributed by atoms with Crippen LogP contribution in [0.25, 0.3) is 20.7 Å². The minimum Gasteiger partial charge on any atom is -0.337 e. The maximum atomic E-state index is 12.8. The largest absolute Gasteiger partial charge is 0.337 e. The minimum atomic E-state index is -0.0806. The number of hydrogen-bond donors (Lipinski definition) is 0. The number of benzene rings is 1. The summed E-state index contributed by atoms with van der Waals surface area (Å²) in [6.45, 7) is 8.05. The van der Waals surface area contributed by atoms with Crippen molar-refractivity contribution in [3.8, 4) is 10.4 Å². The van der Waals surface area contributed by atoms with E-state index in [0.29, 0.717) is 15.4 Å². The maximum Gasteiger partial charge on any atom is 0.262 e. The summed E-state index contributed by atoms with van der Waals surface area (Å²) in [6, 6.07) is 12.2. The second-order valence-corrected chi connectivity index (χ2v) is 9.20. The molecule has 2 aromatic heterocycles. The maximum absolute atomic E-state index is 12.8. The van der Waals surface area contributed by atoms with E-state index >= 15 is 0 Å². The van der Waals surface area contributed by atoms with E-state index in [-0.39, 0.29) is 29.3 Å². The van der Waals surface area contributed by atoms with E-state index in [1.54, 1.807) is 7.05 Å². The number of amides is 1. The Morgan fingerprint density at radius 2 is 1.82 bits per heavy atom. The summed E-state index contributed by atoms with van der Waals surface area (Å²) in [5.74, 6) is 0.319. The summed E-state index contributed by atoms with van der Waals surface area (Å²) in [4.78, 5) is 33.7. The molecular weight excluding hydrogens is 390 g/mol. The third kappa shape index (κ3) is 4.15. The summed E-state index contributed by atoms with van der Waals surface area (Å²) in [5, 5.41) is 1.19. The van der Waals surface area contributed by atoms with Crippen LogP contribution in [0, 0.1) is 0 Å². The van der Waals surface area contributed by atoms with Crippen LogP contribution >= 0.6 is 23.1 Å². The van der Waals surface area contributed by atoms with Crippen molar-refractivity contribution >= 4 is 39.2 Å². The standard InChI is InChI=1S/C21H25N3O2S2/c1-13(2)24(14(3)4)18(25)12-27-21-22-19-16(20(26)23(21)5)11-17(28-19)15-9-7-6-8-10-15/h6-11,13-14H,12H2,1-5H3. The van der Waals surface area contributed by atoms with Gasteiger partial charge in [0.15, 0.2) is 5.16 Å². The Bertz CT molecular complexity index is 1030. The first-order chi connectivity index (χ1) is 13.3. The average Bonchev–Trinajstić information content (AvgIpc) is 3.08. The smallest absolute Gasteiger partial charge is 0.262 e. The van der Waals surface area contributed by atoms with Crippen LogP contribution in [0.4, 0.5) is 0 Å². The van der Waals surface area contributed by atoms with Crippen molar-refractivity contribution in [2.45, 2.75) is 44.9 Å². The molecule has 0 N–H and O–H groups in total. The summed E-state index contributed by atoms with van der Waals surface area (Å²) >= 11 is 2.82. The van der Waals surface area contributed by atoms with Gasteiger partial charge in [-0.3, -0.25) is 14.2 Å². The van der Waals surface area contributed by atoms with Gasteiger partial charge in [0.2, 0.25) is 5.91 Å². The van der Waals surface area contributed by atoms with Gasteiger partial charge in [0.1, 0.15) is 4.83 Å². The highest BCUT2D eigenvalue weighted by atomic mass is 32.2. The number of fused-ring (bicyclic) bond motifs is 1. The van der Waals surface area contributed by atoms with E-state index < -0.39 is 0 Å². The zero-order chi connectivity index (χ0) is 20.4. The predicted molar refractivity (Wildman–Crippen MR) is 118 cm³/mol. The molecule has 28 heavy (non-hydrogen) atoms. The van der Waals surface area contributed by atoms with Crippen molar-refractivity contribution in [3.63, 3.8) is 0 Å². The highest BCUT2D eigenvalue weighted by molar-refractivity contribution is 7.99. The molecule has 0 radical (unpaired) electrons. The number of hydrogen-bond acceptors (Lipinski definition) is 5. The van der Waals surface area contributed by atoms with Crippen molar-refractivity contribution < 1.29 is 4.79 Å². The molecule has 0 saturated heterocycles. The molecule has 0 aliphatic rings. The number of aromatic nitrogens is 2. The van der Waals surface area contributed by atoms with Crippen LogP contribution in [-0.2, 0) is 11.8 Å². The Hall–Kier alpha value is -2.12. The second kappa shape index (κ2) is 8.49. The van der Waals surface area contributed by atoms with Gasteiger partial charge >= 0.3 is 0 Å². The first-order valence-corrected chi connectivity index (χ1v) is 11.1. The third-order valence-electron chi connectivity index (χ3n) is 4.52. The lowest BCUT2D eigenvalue weighted by atomic mass is 10.2. The molecule has 0 spiro atoms. The normalized spacial score (nSPS) is 11.5. The summed E-state index contributed by atoms with van der Waals surface area (Å²) < 4.78 is 1.54. The van der Waals surface area contributed by atoms with Crippen LogP contribution in [0.1, 0.15) is 27.7 Å². The van der Waals surface area contributed by atoms with Crippen molar-refractivity contribution in [1.82, 2.24) is 14.5 Å². The number of thiophene rings is 1. The Morgan fingerprint density at radius 3 is 2.43 bits per heavy atom. The monoisotopic (exact) mass is 415 g/mol. The van der Waals surface area contributed by atoms with Crippen LogP contribution in [0.2, 0.25) is 0 Å². The first kappa shape index (κ1) is 20.6. The van der Waals surface area contributed by atoms with Gasteiger partial charge in [0.05, 0.1) is 11.1 Å². The molecule has 5 nitrogen and oxygen atoms in total. The molecule has 2 heterocycles. The number of rotatable bonds is 6. The van der Waals surface area contributed by atoms with Crippen LogP contribution in [0.3, 0.4) is 0 Å². The predicted octanol–water partition coefficient (Wildman–Crippen LogP) is 4.40. The van der Waals surface area contributed by atoms with Crippen molar-refractivity contribution in [2.24, 2.45) is 7.05 Å². The average molecular weight is 416 g/mol. The van der Waals surface area contributed by atoms with Gasteiger partial charge in [-0.2, -0.15) is 0 Å². The molecule has 1 amide bonds. The van der Waals surface area contributed by atoms with Crippen LogP contribution in [-0.4, -0.2) is 38.2 Å². The Kier molecular flexibility index (Phi) is 6.25. The number of carbonyl (C=O) groups excluding carboxylic acids is 1. The second-order valence-electron chi connectivity index (χ2n) is 7.23. The highest BCUT2D eigenvalue weighted by Gasteiger charge is 2.21. The zero-order valence-electron chi connectivity index (χ0n) is 16.8. The van der Waals surface area contributed by atoms with Gasteiger partial charge in [0.25, 0.3) is 5.56 Å². The first-order valence-electron chi connectivity index (χ1n) is 9.29. The third-order valence-corrected chi connectivity index (χ3v) is 6.61. The fraction of sp³-hybridized carbons (Fsp3) is 0.381.